The minimum absolute atomic E-state index is 0.0345. The van der Waals surface area contributed by atoms with Crippen molar-refractivity contribution in [2.24, 2.45) is 0 Å². The van der Waals surface area contributed by atoms with E-state index in [1.54, 1.807) is 27.4 Å². The Morgan fingerprint density at radius 2 is 2.10 bits per heavy atom. The number of methoxy groups -OCH3 is 3. The molecule has 1 N–H and O–H groups in total. The van der Waals surface area contributed by atoms with Crippen molar-refractivity contribution in [3.8, 4) is 5.75 Å². The molecule has 2 aromatic heterocycles. The monoisotopic (exact) mass is 392 g/mol. The SMILES string of the molecule is C=Cc1cn2c(NCC3=C(OC)CC(OC)C=C3)nc3c(OC)cccc3c2n1. The summed E-state index contributed by atoms with van der Waals surface area (Å²) < 4.78 is 18.4. The molecule has 150 valence electrons. The molecular weight excluding hydrogens is 368 g/mol. The van der Waals surface area contributed by atoms with Crippen LogP contribution >= 0.6 is 0 Å². The Morgan fingerprint density at radius 1 is 1.24 bits per heavy atom. The predicted molar refractivity (Wildman–Crippen MR) is 114 cm³/mol. The Bertz CT molecular complexity index is 1130. The van der Waals surface area contributed by atoms with Crippen LogP contribution in [-0.4, -0.2) is 48.3 Å². The minimum atomic E-state index is 0.0345. The highest BCUT2D eigenvalue weighted by atomic mass is 16.5. The van der Waals surface area contributed by atoms with Crippen molar-refractivity contribution < 1.29 is 14.2 Å². The van der Waals surface area contributed by atoms with Crippen molar-refractivity contribution in [1.82, 2.24) is 14.4 Å². The minimum Gasteiger partial charge on any atom is -0.501 e. The Morgan fingerprint density at radius 3 is 2.83 bits per heavy atom. The van der Waals surface area contributed by atoms with Gasteiger partial charge in [0, 0.05) is 37.2 Å². The summed E-state index contributed by atoms with van der Waals surface area (Å²) in [6.45, 7) is 4.39. The summed E-state index contributed by atoms with van der Waals surface area (Å²) >= 11 is 0. The smallest absolute Gasteiger partial charge is 0.209 e. The van der Waals surface area contributed by atoms with Gasteiger partial charge in [-0.2, -0.15) is 0 Å². The lowest BCUT2D eigenvalue weighted by Crippen LogP contribution is -2.18. The van der Waals surface area contributed by atoms with E-state index in [1.807, 2.05) is 40.9 Å². The molecule has 7 nitrogen and oxygen atoms in total. The van der Waals surface area contributed by atoms with Crippen LogP contribution in [0.3, 0.4) is 0 Å². The molecular formula is C22H24N4O3. The van der Waals surface area contributed by atoms with Gasteiger partial charge in [0.2, 0.25) is 5.95 Å². The van der Waals surface area contributed by atoms with Gasteiger partial charge in [-0.3, -0.25) is 4.40 Å². The normalized spacial score (nSPS) is 16.4. The van der Waals surface area contributed by atoms with Gasteiger partial charge in [0.15, 0.2) is 0 Å². The molecule has 1 aliphatic rings. The molecule has 0 aliphatic heterocycles. The average molecular weight is 392 g/mol. The number of anilines is 1. The third-order valence-corrected chi connectivity index (χ3v) is 5.08. The maximum Gasteiger partial charge on any atom is 0.209 e. The number of fused-ring (bicyclic) bond motifs is 3. The Kier molecular flexibility index (Phi) is 5.22. The quantitative estimate of drug-likeness (QED) is 0.659. The van der Waals surface area contributed by atoms with E-state index in [-0.39, 0.29) is 6.10 Å². The molecule has 3 aromatic rings. The molecule has 1 atom stereocenters. The number of hydrogen-bond acceptors (Lipinski definition) is 6. The molecule has 0 saturated carbocycles. The number of imidazole rings is 1. The zero-order valence-corrected chi connectivity index (χ0v) is 16.8. The molecule has 1 aliphatic carbocycles. The van der Waals surface area contributed by atoms with Crippen LogP contribution in [0.1, 0.15) is 12.1 Å². The van der Waals surface area contributed by atoms with Gasteiger partial charge in [-0.15, -0.1) is 0 Å². The summed E-state index contributed by atoms with van der Waals surface area (Å²) in [4.78, 5) is 9.51. The highest BCUT2D eigenvalue weighted by Crippen LogP contribution is 2.29. The van der Waals surface area contributed by atoms with Gasteiger partial charge in [-0.25, -0.2) is 9.97 Å². The zero-order valence-electron chi connectivity index (χ0n) is 16.8. The van der Waals surface area contributed by atoms with Gasteiger partial charge in [0.25, 0.3) is 0 Å². The van der Waals surface area contributed by atoms with Gasteiger partial charge in [0.05, 0.1) is 26.0 Å². The molecule has 1 unspecified atom stereocenters. The van der Waals surface area contributed by atoms with Gasteiger partial charge < -0.3 is 19.5 Å². The summed E-state index contributed by atoms with van der Waals surface area (Å²) in [5.74, 6) is 2.27. The second kappa shape index (κ2) is 7.97. The van der Waals surface area contributed by atoms with E-state index < -0.39 is 0 Å². The average Bonchev–Trinajstić information content (AvgIpc) is 3.22. The third kappa shape index (κ3) is 3.45. The highest BCUT2D eigenvalue weighted by Gasteiger charge is 2.18. The van der Waals surface area contributed by atoms with E-state index in [0.29, 0.717) is 24.7 Å². The van der Waals surface area contributed by atoms with E-state index in [2.05, 4.69) is 16.9 Å². The van der Waals surface area contributed by atoms with Gasteiger partial charge >= 0.3 is 0 Å². The lowest BCUT2D eigenvalue weighted by atomic mass is 10.0. The molecule has 0 amide bonds. The number of nitrogens with zero attached hydrogens (tertiary/aromatic N) is 3. The van der Waals surface area contributed by atoms with Crippen LogP contribution in [0.25, 0.3) is 22.6 Å². The Balaban J connectivity index is 1.76. The van der Waals surface area contributed by atoms with Crippen molar-refractivity contribution in [3.05, 3.63) is 60.2 Å². The number of hydrogen-bond donors (Lipinski definition) is 1. The molecule has 4 rings (SSSR count). The van der Waals surface area contributed by atoms with Gasteiger partial charge in [-0.1, -0.05) is 24.8 Å². The van der Waals surface area contributed by atoms with Crippen molar-refractivity contribution in [2.45, 2.75) is 12.5 Å². The van der Waals surface area contributed by atoms with E-state index in [1.165, 1.54) is 0 Å². The summed E-state index contributed by atoms with van der Waals surface area (Å²) in [5, 5.41) is 4.34. The second-order valence-corrected chi connectivity index (χ2v) is 6.70. The standard InChI is InChI=1S/C22H24N4O3/c1-5-15-13-26-21(24-15)17-7-6-8-18(28-3)20(17)25-22(26)23-12-14-9-10-16(27-2)11-19(14)29-4/h5-10,13,16H,1,11-12H2,2-4H3,(H,23,25). The van der Waals surface area contributed by atoms with Crippen molar-refractivity contribution in [1.29, 1.82) is 0 Å². The van der Waals surface area contributed by atoms with Crippen LogP contribution in [0.4, 0.5) is 5.95 Å². The number of rotatable bonds is 7. The number of aromatic nitrogens is 3. The second-order valence-electron chi connectivity index (χ2n) is 6.70. The first-order valence-electron chi connectivity index (χ1n) is 9.37. The number of benzene rings is 1. The fourth-order valence-electron chi connectivity index (χ4n) is 3.52. The molecule has 2 heterocycles. The van der Waals surface area contributed by atoms with Crippen LogP contribution in [0.15, 0.2) is 54.5 Å². The van der Waals surface area contributed by atoms with Crippen molar-refractivity contribution in [2.75, 3.05) is 33.2 Å². The van der Waals surface area contributed by atoms with Gasteiger partial charge in [0.1, 0.15) is 22.7 Å². The van der Waals surface area contributed by atoms with E-state index in [4.69, 9.17) is 19.2 Å². The molecule has 0 radical (unpaired) electrons. The summed E-state index contributed by atoms with van der Waals surface area (Å²) in [6, 6.07) is 5.82. The topological polar surface area (TPSA) is 69.9 Å². The fraction of sp³-hybridized carbons (Fsp3) is 0.273. The first-order valence-corrected chi connectivity index (χ1v) is 9.37. The third-order valence-electron chi connectivity index (χ3n) is 5.08. The largest absolute Gasteiger partial charge is 0.501 e. The zero-order chi connectivity index (χ0) is 20.4. The van der Waals surface area contributed by atoms with Crippen LogP contribution in [0.5, 0.6) is 5.75 Å². The molecule has 7 heteroatoms. The van der Waals surface area contributed by atoms with E-state index >= 15 is 0 Å². The molecule has 0 saturated heterocycles. The number of nitrogens with one attached hydrogen (secondary N) is 1. The van der Waals surface area contributed by atoms with Crippen LogP contribution in [0, 0.1) is 0 Å². The lowest BCUT2D eigenvalue weighted by Gasteiger charge is -2.21. The molecule has 0 spiro atoms. The summed E-state index contributed by atoms with van der Waals surface area (Å²) in [7, 11) is 5.03. The first kappa shape index (κ1) is 19.0. The maximum atomic E-state index is 5.58. The van der Waals surface area contributed by atoms with Crippen molar-refractivity contribution >= 4 is 28.6 Å². The maximum absolute atomic E-state index is 5.58. The molecule has 0 fully saturated rings. The molecule has 29 heavy (non-hydrogen) atoms. The van der Waals surface area contributed by atoms with Gasteiger partial charge in [-0.05, 0) is 18.2 Å². The Labute approximate surface area is 169 Å². The first-order chi connectivity index (χ1) is 14.2. The van der Waals surface area contributed by atoms with E-state index in [0.717, 1.165) is 33.6 Å². The van der Waals surface area contributed by atoms with E-state index in [9.17, 15) is 0 Å². The van der Waals surface area contributed by atoms with Crippen molar-refractivity contribution in [3.63, 3.8) is 0 Å². The van der Waals surface area contributed by atoms with Crippen LogP contribution < -0.4 is 10.1 Å². The summed E-state index contributed by atoms with van der Waals surface area (Å²) in [5.41, 5.74) is 3.39. The highest BCUT2D eigenvalue weighted by molar-refractivity contribution is 5.96. The summed E-state index contributed by atoms with van der Waals surface area (Å²) in [6.07, 6.45) is 8.46. The predicted octanol–water partition coefficient (Wildman–Crippen LogP) is 3.82. The van der Waals surface area contributed by atoms with Crippen LogP contribution in [-0.2, 0) is 9.47 Å². The number of para-hydroxylation sites is 1. The Hall–Kier alpha value is -3.32. The number of ether oxygens (including phenoxy) is 3. The fourth-order valence-corrected chi connectivity index (χ4v) is 3.52. The molecule has 1 aromatic carbocycles. The van der Waals surface area contributed by atoms with Crippen LogP contribution in [0.2, 0.25) is 0 Å². The lowest BCUT2D eigenvalue weighted by molar-refractivity contribution is 0.120. The molecule has 0 bridgehead atoms.